The lowest BCUT2D eigenvalue weighted by molar-refractivity contribution is -0.136. The molecule has 1 aliphatic rings. The molecule has 0 aromatic heterocycles. The Morgan fingerprint density at radius 2 is 1.61 bits per heavy atom. The van der Waals surface area contributed by atoms with Crippen molar-refractivity contribution in [2.75, 3.05) is 32.4 Å². The minimum Gasteiger partial charge on any atom is -0.340 e. The van der Waals surface area contributed by atoms with Crippen molar-refractivity contribution in [3.63, 3.8) is 0 Å². The van der Waals surface area contributed by atoms with Gasteiger partial charge in [-0.05, 0) is 6.92 Å². The van der Waals surface area contributed by atoms with E-state index in [1.165, 1.54) is 10.6 Å². The van der Waals surface area contributed by atoms with Crippen LogP contribution in [0.25, 0.3) is 0 Å². The lowest BCUT2D eigenvalue weighted by Crippen LogP contribution is -2.52. The molecule has 1 aliphatic heterocycles. The number of halogens is 1. The van der Waals surface area contributed by atoms with Crippen LogP contribution in [0.3, 0.4) is 0 Å². The van der Waals surface area contributed by atoms with Crippen LogP contribution < -0.4 is 5.73 Å². The molecule has 0 bridgehead atoms. The van der Waals surface area contributed by atoms with Gasteiger partial charge in [0.15, 0.2) is 0 Å². The van der Waals surface area contributed by atoms with Crippen molar-refractivity contribution in [3.05, 3.63) is 0 Å². The quantitative estimate of drug-likeness (QED) is 0.761. The fourth-order valence-corrected chi connectivity index (χ4v) is 2.58. The van der Waals surface area contributed by atoms with Gasteiger partial charge in [0.1, 0.15) is 0 Å². The summed E-state index contributed by atoms with van der Waals surface area (Å²) in [5, 5.41) is 0. The molecule has 2 atom stereocenters. The number of sulfonamides is 1. The number of hydrogen-bond donors (Lipinski definition) is 1. The maximum Gasteiger partial charge on any atom is 0.227 e. The van der Waals surface area contributed by atoms with Crippen molar-refractivity contribution in [3.8, 4) is 0 Å². The minimum atomic E-state index is -3.14. The molecule has 0 radical (unpaired) electrons. The molecule has 0 aliphatic carbocycles. The highest BCUT2D eigenvalue weighted by atomic mass is 35.5. The molecule has 0 aromatic rings. The number of carbonyl (C=O) groups is 1. The molecule has 2 N–H and O–H groups in total. The van der Waals surface area contributed by atoms with E-state index in [4.69, 9.17) is 5.73 Å². The Balaban J connectivity index is 0.00000289. The molecule has 1 heterocycles. The number of nitrogens with two attached hydrogens (primary N) is 1. The number of carbonyl (C=O) groups excluding carboxylic acids is 1. The average Bonchev–Trinajstić information content (AvgIpc) is 2.26. The second-order valence-corrected chi connectivity index (χ2v) is 6.62. The van der Waals surface area contributed by atoms with Crippen molar-refractivity contribution < 1.29 is 13.2 Å². The zero-order valence-electron chi connectivity index (χ0n) is 11.0. The Kier molecular flexibility index (Phi) is 6.56. The van der Waals surface area contributed by atoms with Crippen LogP contribution in [-0.2, 0) is 14.8 Å². The molecule has 2 unspecified atom stereocenters. The topological polar surface area (TPSA) is 83.7 Å². The summed E-state index contributed by atoms with van der Waals surface area (Å²) in [7, 11) is -3.14. The van der Waals surface area contributed by atoms with Gasteiger partial charge in [0.2, 0.25) is 15.9 Å². The zero-order valence-corrected chi connectivity index (χ0v) is 12.6. The molecule has 6 nitrogen and oxygen atoms in total. The molecule has 1 amide bonds. The van der Waals surface area contributed by atoms with Gasteiger partial charge in [-0.25, -0.2) is 8.42 Å². The summed E-state index contributed by atoms with van der Waals surface area (Å²) in [5.41, 5.74) is 5.69. The van der Waals surface area contributed by atoms with Crippen LogP contribution in [0.15, 0.2) is 0 Å². The molecule has 108 valence electrons. The summed E-state index contributed by atoms with van der Waals surface area (Å²) < 4.78 is 24.0. The summed E-state index contributed by atoms with van der Waals surface area (Å²) in [6.07, 6.45) is 1.19. The van der Waals surface area contributed by atoms with Crippen molar-refractivity contribution in [1.82, 2.24) is 9.21 Å². The van der Waals surface area contributed by atoms with E-state index in [1.807, 2.05) is 0 Å². The summed E-state index contributed by atoms with van der Waals surface area (Å²) in [5.74, 6) is -0.215. The molecule has 0 spiro atoms. The SMILES string of the molecule is CC(N)C(C)C(=O)N1CCN(S(C)(=O)=O)CC1.Cl. The highest BCUT2D eigenvalue weighted by molar-refractivity contribution is 7.88. The van der Waals surface area contributed by atoms with E-state index >= 15 is 0 Å². The van der Waals surface area contributed by atoms with Gasteiger partial charge < -0.3 is 10.6 Å². The molecule has 1 saturated heterocycles. The molecule has 0 aromatic carbocycles. The highest BCUT2D eigenvalue weighted by Gasteiger charge is 2.29. The van der Waals surface area contributed by atoms with Crippen LogP contribution in [-0.4, -0.2) is 62.0 Å². The first-order valence-corrected chi connectivity index (χ1v) is 7.58. The number of nitrogens with zero attached hydrogens (tertiary/aromatic N) is 2. The number of piperazine rings is 1. The summed E-state index contributed by atoms with van der Waals surface area (Å²) >= 11 is 0. The third-order valence-electron chi connectivity index (χ3n) is 3.20. The summed E-state index contributed by atoms with van der Waals surface area (Å²) in [4.78, 5) is 13.7. The molecule has 0 saturated carbocycles. The van der Waals surface area contributed by atoms with Crippen LogP contribution in [0.4, 0.5) is 0 Å². The van der Waals surface area contributed by atoms with Crippen LogP contribution in [0.2, 0.25) is 0 Å². The third kappa shape index (κ3) is 4.38. The molecule has 1 rings (SSSR count). The first-order valence-electron chi connectivity index (χ1n) is 5.73. The summed E-state index contributed by atoms with van der Waals surface area (Å²) in [6, 6.07) is -0.185. The standard InChI is InChI=1S/C10H21N3O3S.ClH/c1-8(9(2)11)10(14)12-4-6-13(7-5-12)17(3,15)16;/h8-9H,4-7,11H2,1-3H3;1H. The maximum atomic E-state index is 12.0. The highest BCUT2D eigenvalue weighted by Crippen LogP contribution is 2.11. The van der Waals surface area contributed by atoms with Crippen molar-refractivity contribution in [2.24, 2.45) is 11.7 Å². The third-order valence-corrected chi connectivity index (χ3v) is 4.50. The van der Waals surface area contributed by atoms with E-state index in [9.17, 15) is 13.2 Å². The molecule has 1 fully saturated rings. The van der Waals surface area contributed by atoms with E-state index in [2.05, 4.69) is 0 Å². The van der Waals surface area contributed by atoms with Gasteiger partial charge in [0, 0.05) is 32.2 Å². The first kappa shape index (κ1) is 17.6. The van der Waals surface area contributed by atoms with Crippen molar-refractivity contribution >= 4 is 28.3 Å². The first-order chi connectivity index (χ1) is 7.73. The normalized spacial score (nSPS) is 21.0. The smallest absolute Gasteiger partial charge is 0.227 e. The van der Waals surface area contributed by atoms with Crippen LogP contribution >= 0.6 is 12.4 Å². The van der Waals surface area contributed by atoms with E-state index in [-0.39, 0.29) is 30.3 Å². The predicted octanol–water partition coefficient (Wildman–Crippen LogP) is -0.505. The maximum absolute atomic E-state index is 12.0. The Morgan fingerprint density at radius 1 is 1.17 bits per heavy atom. The molecular weight excluding hydrogens is 278 g/mol. The molecule has 18 heavy (non-hydrogen) atoms. The lowest BCUT2D eigenvalue weighted by atomic mass is 10.0. The van der Waals surface area contributed by atoms with Crippen LogP contribution in [0, 0.1) is 5.92 Å². The Labute approximate surface area is 115 Å². The average molecular weight is 300 g/mol. The second kappa shape index (κ2) is 6.70. The molecule has 8 heteroatoms. The number of rotatable bonds is 3. The fraction of sp³-hybridized carbons (Fsp3) is 0.900. The summed E-state index contributed by atoms with van der Waals surface area (Å²) in [6.45, 7) is 5.24. The predicted molar refractivity (Wildman–Crippen MR) is 73.1 cm³/mol. The Hall–Kier alpha value is -0.370. The van der Waals surface area contributed by atoms with Gasteiger partial charge >= 0.3 is 0 Å². The lowest BCUT2D eigenvalue weighted by Gasteiger charge is -2.35. The second-order valence-electron chi connectivity index (χ2n) is 4.64. The van der Waals surface area contributed by atoms with E-state index in [1.54, 1.807) is 18.7 Å². The van der Waals surface area contributed by atoms with Crippen LogP contribution in [0.1, 0.15) is 13.8 Å². The number of hydrogen-bond acceptors (Lipinski definition) is 4. The number of amides is 1. The van der Waals surface area contributed by atoms with Gasteiger partial charge in [0.25, 0.3) is 0 Å². The largest absolute Gasteiger partial charge is 0.340 e. The van der Waals surface area contributed by atoms with Gasteiger partial charge in [-0.3, -0.25) is 4.79 Å². The van der Waals surface area contributed by atoms with Gasteiger partial charge in [-0.15, -0.1) is 12.4 Å². The zero-order chi connectivity index (χ0) is 13.2. The van der Waals surface area contributed by atoms with E-state index < -0.39 is 10.0 Å². The Bertz CT molecular complexity index is 378. The van der Waals surface area contributed by atoms with Gasteiger partial charge in [0.05, 0.1) is 12.2 Å². The fourth-order valence-electron chi connectivity index (χ4n) is 1.75. The van der Waals surface area contributed by atoms with Crippen molar-refractivity contribution in [1.29, 1.82) is 0 Å². The monoisotopic (exact) mass is 299 g/mol. The van der Waals surface area contributed by atoms with Crippen LogP contribution in [0.5, 0.6) is 0 Å². The van der Waals surface area contributed by atoms with E-state index in [0.29, 0.717) is 26.2 Å². The van der Waals surface area contributed by atoms with Crippen molar-refractivity contribution in [2.45, 2.75) is 19.9 Å². The van der Waals surface area contributed by atoms with Gasteiger partial charge in [-0.2, -0.15) is 4.31 Å². The molecular formula is C10H22ClN3O3S. The van der Waals surface area contributed by atoms with Gasteiger partial charge in [-0.1, -0.05) is 6.92 Å². The Morgan fingerprint density at radius 3 is 1.94 bits per heavy atom. The van der Waals surface area contributed by atoms with E-state index in [0.717, 1.165) is 0 Å². The minimum absolute atomic E-state index is 0.